The van der Waals surface area contributed by atoms with Crippen LogP contribution in [0.5, 0.6) is 5.75 Å². The molecule has 5 nitrogen and oxygen atoms in total. The number of para-hydroxylation sites is 1. The minimum Gasteiger partial charge on any atom is -0.496 e. The van der Waals surface area contributed by atoms with Crippen molar-refractivity contribution in [2.45, 2.75) is 25.4 Å². The number of ether oxygens (including phenoxy) is 2. The summed E-state index contributed by atoms with van der Waals surface area (Å²) in [4.78, 5) is 14.4. The van der Waals surface area contributed by atoms with Gasteiger partial charge in [0, 0.05) is 26.2 Å². The minimum atomic E-state index is -0.297. The summed E-state index contributed by atoms with van der Waals surface area (Å²) in [5, 5.41) is 3.22. The lowest BCUT2D eigenvalue weighted by Gasteiger charge is -2.35. The zero-order valence-corrected chi connectivity index (χ0v) is 15.0. The van der Waals surface area contributed by atoms with Gasteiger partial charge in [0.15, 0.2) is 0 Å². The maximum absolute atomic E-state index is 12.5. The van der Waals surface area contributed by atoms with Crippen LogP contribution in [-0.4, -0.2) is 56.8 Å². The summed E-state index contributed by atoms with van der Waals surface area (Å²) in [6.45, 7) is 3.77. The van der Waals surface area contributed by atoms with Gasteiger partial charge < -0.3 is 19.7 Å². The van der Waals surface area contributed by atoms with Crippen LogP contribution in [0.1, 0.15) is 18.4 Å². The van der Waals surface area contributed by atoms with Gasteiger partial charge in [-0.2, -0.15) is 0 Å². The van der Waals surface area contributed by atoms with Crippen molar-refractivity contribution in [1.29, 1.82) is 0 Å². The Bertz CT molecular complexity index is 527. The van der Waals surface area contributed by atoms with Crippen molar-refractivity contribution < 1.29 is 14.3 Å². The lowest BCUT2D eigenvalue weighted by Crippen LogP contribution is -2.51. The maximum Gasteiger partial charge on any atom is 0.253 e. The molecule has 1 aromatic rings. The highest BCUT2D eigenvalue weighted by Gasteiger charge is 2.30. The summed E-state index contributed by atoms with van der Waals surface area (Å²) in [6, 6.07) is 8.21. The van der Waals surface area contributed by atoms with E-state index >= 15 is 0 Å². The summed E-state index contributed by atoms with van der Waals surface area (Å²) in [7, 11) is 1.72. The number of hydrogen-bond acceptors (Lipinski definition) is 4. The summed E-state index contributed by atoms with van der Waals surface area (Å²) < 4.78 is 11.0. The molecule has 2 saturated heterocycles. The van der Waals surface area contributed by atoms with Gasteiger partial charge >= 0.3 is 0 Å². The summed E-state index contributed by atoms with van der Waals surface area (Å²) >= 11 is 0. The number of piperidine rings is 1. The molecular formula is C18H27ClN2O3. The third kappa shape index (κ3) is 4.62. The van der Waals surface area contributed by atoms with Gasteiger partial charge in [0.25, 0.3) is 5.91 Å². The first-order chi connectivity index (χ1) is 11.3. The van der Waals surface area contributed by atoms with Gasteiger partial charge in [-0.25, -0.2) is 0 Å². The monoisotopic (exact) mass is 354 g/mol. The van der Waals surface area contributed by atoms with E-state index in [1.165, 1.54) is 5.56 Å². The van der Waals surface area contributed by atoms with Crippen LogP contribution in [0.3, 0.4) is 0 Å². The Morgan fingerprint density at radius 3 is 2.75 bits per heavy atom. The Hall–Kier alpha value is -1.30. The van der Waals surface area contributed by atoms with Gasteiger partial charge in [0.05, 0.1) is 13.7 Å². The number of likely N-dealkylation sites (tertiary alicyclic amines) is 1. The second-order valence-electron chi connectivity index (χ2n) is 6.35. The highest BCUT2D eigenvalue weighted by Crippen LogP contribution is 2.27. The Labute approximate surface area is 150 Å². The number of benzene rings is 1. The molecule has 2 fully saturated rings. The molecule has 0 bridgehead atoms. The lowest BCUT2D eigenvalue weighted by molar-refractivity contribution is -0.146. The molecule has 134 valence electrons. The first kappa shape index (κ1) is 19.0. The Morgan fingerprint density at radius 2 is 2.08 bits per heavy atom. The molecule has 2 aliphatic heterocycles. The number of carbonyl (C=O) groups excluding carboxylic acids is 1. The summed E-state index contributed by atoms with van der Waals surface area (Å²) in [6.07, 6.45) is 2.82. The molecule has 24 heavy (non-hydrogen) atoms. The standard InChI is InChI=1S/C18H26N2O3.ClH/c1-22-16-5-3-2-4-15(16)12-14-6-9-20(10-7-14)18(21)17-13-19-8-11-23-17;/h2-5,14,17,19H,6-13H2,1H3;1H. The van der Waals surface area contributed by atoms with Crippen molar-refractivity contribution in [1.82, 2.24) is 10.2 Å². The van der Waals surface area contributed by atoms with Gasteiger partial charge in [-0.05, 0) is 36.8 Å². The molecule has 0 aromatic heterocycles. The van der Waals surface area contributed by atoms with E-state index in [0.29, 0.717) is 19.1 Å². The SMILES string of the molecule is COc1ccccc1CC1CCN(C(=O)C2CNCCO2)CC1.Cl. The predicted molar refractivity (Wildman–Crippen MR) is 95.9 cm³/mol. The molecular weight excluding hydrogens is 328 g/mol. The fourth-order valence-corrected chi connectivity index (χ4v) is 3.47. The summed E-state index contributed by atoms with van der Waals surface area (Å²) in [5.41, 5.74) is 1.26. The van der Waals surface area contributed by atoms with E-state index in [0.717, 1.165) is 44.6 Å². The number of hydrogen-bond donors (Lipinski definition) is 1. The van der Waals surface area contributed by atoms with Crippen molar-refractivity contribution in [3.63, 3.8) is 0 Å². The quantitative estimate of drug-likeness (QED) is 0.897. The van der Waals surface area contributed by atoms with E-state index in [1.54, 1.807) is 7.11 Å². The molecule has 1 amide bonds. The number of rotatable bonds is 4. The fourth-order valence-electron chi connectivity index (χ4n) is 3.47. The van der Waals surface area contributed by atoms with Crippen LogP contribution in [0.2, 0.25) is 0 Å². The zero-order valence-electron chi connectivity index (χ0n) is 14.2. The van der Waals surface area contributed by atoms with Gasteiger partial charge in [-0.1, -0.05) is 18.2 Å². The highest BCUT2D eigenvalue weighted by atomic mass is 35.5. The number of morpholine rings is 1. The normalized spacial score (nSPS) is 21.9. The van der Waals surface area contributed by atoms with Crippen LogP contribution in [0.15, 0.2) is 24.3 Å². The molecule has 2 aliphatic rings. The topological polar surface area (TPSA) is 50.8 Å². The van der Waals surface area contributed by atoms with Crippen molar-refractivity contribution in [3.05, 3.63) is 29.8 Å². The van der Waals surface area contributed by atoms with E-state index < -0.39 is 0 Å². The number of methoxy groups -OCH3 is 1. The average molecular weight is 355 g/mol. The Balaban J connectivity index is 0.00000208. The molecule has 1 N–H and O–H groups in total. The molecule has 0 spiro atoms. The third-order valence-corrected chi connectivity index (χ3v) is 4.83. The molecule has 3 rings (SSSR count). The third-order valence-electron chi connectivity index (χ3n) is 4.83. The molecule has 0 saturated carbocycles. The molecule has 2 heterocycles. The number of amides is 1. The van der Waals surface area contributed by atoms with Crippen LogP contribution in [-0.2, 0) is 16.0 Å². The molecule has 1 aromatic carbocycles. The molecule has 0 radical (unpaired) electrons. The van der Waals surface area contributed by atoms with Crippen molar-refractivity contribution in [2.75, 3.05) is 39.9 Å². The van der Waals surface area contributed by atoms with Crippen LogP contribution >= 0.6 is 12.4 Å². The Kier molecular flexibility index (Phi) is 7.34. The van der Waals surface area contributed by atoms with Gasteiger partial charge in [-0.15, -0.1) is 12.4 Å². The van der Waals surface area contributed by atoms with Crippen LogP contribution in [0.4, 0.5) is 0 Å². The zero-order chi connectivity index (χ0) is 16.1. The van der Waals surface area contributed by atoms with Gasteiger partial charge in [0.2, 0.25) is 0 Å². The van der Waals surface area contributed by atoms with Crippen LogP contribution in [0.25, 0.3) is 0 Å². The molecule has 0 aliphatic carbocycles. The molecule has 6 heteroatoms. The molecule has 1 unspecified atom stereocenters. The van der Waals surface area contributed by atoms with Crippen LogP contribution in [0, 0.1) is 5.92 Å². The van der Waals surface area contributed by atoms with E-state index in [-0.39, 0.29) is 24.4 Å². The largest absolute Gasteiger partial charge is 0.496 e. The predicted octanol–water partition coefficient (Wildman–Crippen LogP) is 1.89. The molecule has 1 atom stereocenters. The maximum atomic E-state index is 12.5. The fraction of sp³-hybridized carbons (Fsp3) is 0.611. The average Bonchev–Trinajstić information content (AvgIpc) is 2.63. The van der Waals surface area contributed by atoms with E-state index in [9.17, 15) is 4.79 Å². The number of nitrogens with one attached hydrogen (secondary N) is 1. The summed E-state index contributed by atoms with van der Waals surface area (Å²) in [5.74, 6) is 1.72. The number of nitrogens with zero attached hydrogens (tertiary/aromatic N) is 1. The van der Waals surface area contributed by atoms with E-state index in [1.807, 2.05) is 17.0 Å². The van der Waals surface area contributed by atoms with Crippen molar-refractivity contribution in [3.8, 4) is 5.75 Å². The van der Waals surface area contributed by atoms with Gasteiger partial charge in [-0.3, -0.25) is 4.79 Å². The van der Waals surface area contributed by atoms with Crippen molar-refractivity contribution in [2.24, 2.45) is 5.92 Å². The van der Waals surface area contributed by atoms with Crippen molar-refractivity contribution >= 4 is 18.3 Å². The number of halogens is 1. The van der Waals surface area contributed by atoms with E-state index in [4.69, 9.17) is 9.47 Å². The van der Waals surface area contributed by atoms with Gasteiger partial charge in [0.1, 0.15) is 11.9 Å². The minimum absolute atomic E-state index is 0. The Morgan fingerprint density at radius 1 is 1.33 bits per heavy atom. The van der Waals surface area contributed by atoms with Crippen LogP contribution < -0.4 is 10.1 Å². The first-order valence-corrected chi connectivity index (χ1v) is 8.51. The number of carbonyl (C=O) groups is 1. The van der Waals surface area contributed by atoms with E-state index in [2.05, 4.69) is 17.4 Å². The first-order valence-electron chi connectivity index (χ1n) is 8.51. The second kappa shape index (κ2) is 9.25. The lowest BCUT2D eigenvalue weighted by atomic mass is 9.89. The second-order valence-corrected chi connectivity index (χ2v) is 6.35. The smallest absolute Gasteiger partial charge is 0.253 e. The highest BCUT2D eigenvalue weighted by molar-refractivity contribution is 5.85.